The number of rotatable bonds is 4. The number of aromatic nitrogens is 1. The van der Waals surface area contributed by atoms with Crippen LogP contribution < -0.4 is 5.32 Å². The Balaban J connectivity index is 1.71. The van der Waals surface area contributed by atoms with Crippen molar-refractivity contribution in [2.75, 3.05) is 0 Å². The molecule has 3 nitrogen and oxygen atoms in total. The summed E-state index contributed by atoms with van der Waals surface area (Å²) >= 11 is 1.32. The summed E-state index contributed by atoms with van der Waals surface area (Å²) < 4.78 is 25.9. The van der Waals surface area contributed by atoms with E-state index in [0.29, 0.717) is 10.7 Å². The summed E-state index contributed by atoms with van der Waals surface area (Å²) in [7, 11) is 0. The van der Waals surface area contributed by atoms with Crippen LogP contribution in [0.4, 0.5) is 8.78 Å². The van der Waals surface area contributed by atoms with Gasteiger partial charge in [-0.25, -0.2) is 13.8 Å². The van der Waals surface area contributed by atoms with Crippen molar-refractivity contribution in [3.8, 4) is 10.6 Å². The zero-order valence-corrected chi connectivity index (χ0v) is 13.6. The second-order valence-electron chi connectivity index (χ2n) is 5.29. The molecule has 0 saturated heterocycles. The molecule has 0 saturated carbocycles. The van der Waals surface area contributed by atoms with E-state index in [1.165, 1.54) is 35.6 Å². The summed E-state index contributed by atoms with van der Waals surface area (Å²) in [6.45, 7) is 1.82. The number of halogens is 2. The monoisotopic (exact) mass is 344 g/mol. The van der Waals surface area contributed by atoms with Crippen LogP contribution in [0.25, 0.3) is 10.6 Å². The van der Waals surface area contributed by atoms with Crippen LogP contribution in [-0.4, -0.2) is 10.9 Å². The first kappa shape index (κ1) is 16.3. The smallest absolute Gasteiger partial charge is 0.271 e. The van der Waals surface area contributed by atoms with E-state index in [0.717, 1.165) is 11.1 Å². The van der Waals surface area contributed by atoms with Crippen molar-refractivity contribution in [1.29, 1.82) is 0 Å². The highest BCUT2D eigenvalue weighted by Crippen LogP contribution is 2.24. The van der Waals surface area contributed by atoms with Crippen molar-refractivity contribution >= 4 is 17.2 Å². The minimum atomic E-state index is -0.319. The van der Waals surface area contributed by atoms with Crippen LogP contribution in [0, 0.1) is 11.6 Å². The van der Waals surface area contributed by atoms with E-state index < -0.39 is 0 Å². The van der Waals surface area contributed by atoms with E-state index in [4.69, 9.17) is 0 Å². The van der Waals surface area contributed by atoms with Crippen molar-refractivity contribution in [1.82, 2.24) is 10.3 Å². The van der Waals surface area contributed by atoms with Gasteiger partial charge in [0, 0.05) is 10.9 Å². The molecule has 1 N–H and O–H groups in total. The highest BCUT2D eigenvalue weighted by atomic mass is 32.1. The SMILES string of the molecule is C[C@@H](NC(=O)c1csc(-c2ccc(F)cc2)n1)c1ccc(F)cc1. The Morgan fingerprint density at radius 2 is 1.62 bits per heavy atom. The number of benzene rings is 2. The zero-order valence-electron chi connectivity index (χ0n) is 12.8. The highest BCUT2D eigenvalue weighted by molar-refractivity contribution is 7.13. The predicted molar refractivity (Wildman–Crippen MR) is 89.8 cm³/mol. The molecule has 0 spiro atoms. The van der Waals surface area contributed by atoms with Gasteiger partial charge in [-0.1, -0.05) is 12.1 Å². The third-order valence-corrected chi connectivity index (χ3v) is 4.44. The predicted octanol–water partition coefficient (Wildman–Crippen LogP) is 4.58. The maximum absolute atomic E-state index is 13.0. The van der Waals surface area contributed by atoms with Gasteiger partial charge in [0.05, 0.1) is 6.04 Å². The topological polar surface area (TPSA) is 42.0 Å². The average Bonchev–Trinajstić information content (AvgIpc) is 3.06. The second kappa shape index (κ2) is 6.88. The Labute approximate surface area is 142 Å². The van der Waals surface area contributed by atoms with Crippen molar-refractivity contribution < 1.29 is 13.6 Å². The molecule has 0 radical (unpaired) electrons. The van der Waals surface area contributed by atoms with E-state index in [2.05, 4.69) is 10.3 Å². The Hall–Kier alpha value is -2.60. The first-order valence-corrected chi connectivity index (χ1v) is 8.18. The van der Waals surface area contributed by atoms with Gasteiger partial charge >= 0.3 is 0 Å². The highest BCUT2D eigenvalue weighted by Gasteiger charge is 2.15. The molecule has 24 heavy (non-hydrogen) atoms. The van der Waals surface area contributed by atoms with Crippen LogP contribution in [0.5, 0.6) is 0 Å². The van der Waals surface area contributed by atoms with Crippen molar-refractivity contribution in [2.45, 2.75) is 13.0 Å². The average molecular weight is 344 g/mol. The standard InChI is InChI=1S/C18H14F2N2OS/c1-11(12-2-6-14(19)7-3-12)21-17(23)16-10-24-18(22-16)13-4-8-15(20)9-5-13/h2-11H,1H3,(H,21,23)/t11-/m1/s1. The third kappa shape index (κ3) is 3.65. The molecule has 0 fully saturated rings. The fourth-order valence-corrected chi connectivity index (χ4v) is 3.01. The minimum Gasteiger partial charge on any atom is -0.344 e. The Kier molecular flexibility index (Phi) is 4.66. The Morgan fingerprint density at radius 1 is 1.04 bits per heavy atom. The van der Waals surface area contributed by atoms with E-state index in [9.17, 15) is 13.6 Å². The third-order valence-electron chi connectivity index (χ3n) is 3.55. The summed E-state index contributed by atoms with van der Waals surface area (Å²) in [5.74, 6) is -0.946. The quantitative estimate of drug-likeness (QED) is 0.753. The summed E-state index contributed by atoms with van der Waals surface area (Å²) in [4.78, 5) is 16.6. The van der Waals surface area contributed by atoms with Crippen LogP contribution in [0.2, 0.25) is 0 Å². The number of carbonyl (C=O) groups is 1. The molecule has 3 aromatic rings. The lowest BCUT2D eigenvalue weighted by molar-refractivity contribution is 0.0935. The van der Waals surface area contributed by atoms with E-state index in [-0.39, 0.29) is 23.6 Å². The van der Waals surface area contributed by atoms with E-state index in [1.54, 1.807) is 29.6 Å². The molecule has 0 unspecified atom stereocenters. The molecule has 0 bridgehead atoms. The van der Waals surface area contributed by atoms with E-state index >= 15 is 0 Å². The molecular formula is C18H14F2N2OS. The summed E-state index contributed by atoms with van der Waals surface area (Å²) in [6.07, 6.45) is 0. The maximum Gasteiger partial charge on any atom is 0.271 e. The molecule has 6 heteroatoms. The van der Waals surface area contributed by atoms with Crippen molar-refractivity contribution in [3.05, 3.63) is 76.8 Å². The molecule has 122 valence electrons. The molecule has 3 rings (SSSR count). The van der Waals surface area contributed by atoms with Gasteiger partial charge in [0.2, 0.25) is 0 Å². The van der Waals surface area contributed by atoms with Crippen LogP contribution >= 0.6 is 11.3 Å². The second-order valence-corrected chi connectivity index (χ2v) is 6.15. The number of hydrogen-bond donors (Lipinski definition) is 1. The van der Waals surface area contributed by atoms with Gasteiger partial charge in [0.25, 0.3) is 5.91 Å². The maximum atomic E-state index is 13.0. The molecule has 1 heterocycles. The lowest BCUT2D eigenvalue weighted by Crippen LogP contribution is -2.26. The molecular weight excluding hydrogens is 330 g/mol. The summed E-state index contributed by atoms with van der Waals surface area (Å²) in [6, 6.07) is 11.7. The van der Waals surface area contributed by atoms with Gasteiger partial charge in [0.1, 0.15) is 22.3 Å². The van der Waals surface area contributed by atoms with E-state index in [1.807, 2.05) is 6.92 Å². The van der Waals surface area contributed by atoms with Crippen LogP contribution in [0.1, 0.15) is 29.0 Å². The molecule has 0 aliphatic heterocycles. The van der Waals surface area contributed by atoms with Crippen LogP contribution in [0.15, 0.2) is 53.9 Å². The molecule has 1 atom stereocenters. The number of carbonyl (C=O) groups excluding carboxylic acids is 1. The largest absolute Gasteiger partial charge is 0.344 e. The van der Waals surface area contributed by atoms with Crippen molar-refractivity contribution in [3.63, 3.8) is 0 Å². The Bertz CT molecular complexity index is 844. The fraction of sp³-hybridized carbons (Fsp3) is 0.111. The summed E-state index contributed by atoms with van der Waals surface area (Å²) in [5, 5.41) is 5.13. The van der Waals surface area contributed by atoms with Crippen LogP contribution in [0.3, 0.4) is 0 Å². The summed E-state index contributed by atoms with van der Waals surface area (Å²) in [5.41, 5.74) is 1.86. The number of hydrogen-bond acceptors (Lipinski definition) is 3. The lowest BCUT2D eigenvalue weighted by atomic mass is 10.1. The molecule has 1 amide bonds. The van der Waals surface area contributed by atoms with Gasteiger partial charge in [-0.2, -0.15) is 0 Å². The Morgan fingerprint density at radius 3 is 2.25 bits per heavy atom. The minimum absolute atomic E-state index is 0.269. The molecule has 1 aromatic heterocycles. The van der Waals surface area contributed by atoms with Gasteiger partial charge in [-0.15, -0.1) is 11.3 Å². The number of nitrogens with one attached hydrogen (secondary N) is 1. The molecule has 2 aromatic carbocycles. The van der Waals surface area contributed by atoms with Gasteiger partial charge < -0.3 is 5.32 Å². The number of nitrogens with zero attached hydrogens (tertiary/aromatic N) is 1. The molecule has 0 aliphatic carbocycles. The van der Waals surface area contributed by atoms with Gasteiger partial charge in [-0.05, 0) is 48.9 Å². The zero-order chi connectivity index (χ0) is 17.1. The lowest BCUT2D eigenvalue weighted by Gasteiger charge is -2.13. The van der Waals surface area contributed by atoms with Crippen LogP contribution in [-0.2, 0) is 0 Å². The number of amides is 1. The van der Waals surface area contributed by atoms with Crippen molar-refractivity contribution in [2.24, 2.45) is 0 Å². The first-order chi connectivity index (χ1) is 11.5. The number of thiazole rings is 1. The first-order valence-electron chi connectivity index (χ1n) is 7.31. The fourth-order valence-electron chi connectivity index (χ4n) is 2.21. The van der Waals surface area contributed by atoms with Gasteiger partial charge in [-0.3, -0.25) is 4.79 Å². The normalized spacial score (nSPS) is 12.0. The van der Waals surface area contributed by atoms with Gasteiger partial charge in [0.15, 0.2) is 0 Å². The molecule has 0 aliphatic rings.